The highest BCUT2D eigenvalue weighted by molar-refractivity contribution is 7.92. The molecule has 1 heterocycles. The van der Waals surface area contributed by atoms with Crippen molar-refractivity contribution in [1.82, 2.24) is 5.32 Å². The van der Waals surface area contributed by atoms with E-state index in [9.17, 15) is 13.2 Å². The molecular formula is C18H19ClN2O4S. The van der Waals surface area contributed by atoms with Crippen LogP contribution in [0.1, 0.15) is 23.2 Å². The van der Waals surface area contributed by atoms with Crippen molar-refractivity contribution in [2.45, 2.75) is 23.8 Å². The fourth-order valence-corrected chi connectivity index (χ4v) is 3.84. The summed E-state index contributed by atoms with van der Waals surface area (Å²) >= 11 is 5.79. The number of rotatable bonds is 6. The standard InChI is InChI=1S/C18H19ClN2O4S/c19-14-6-8-17(9-7-14)26(23,24)21-15-4-1-3-13(11-15)18(22)20-12-16-5-2-10-25-16/h1,3-4,6-9,11,16,21H,2,5,10,12H2,(H,20,22). The summed E-state index contributed by atoms with van der Waals surface area (Å²) in [6, 6.07) is 12.2. The molecule has 1 amide bonds. The van der Waals surface area contributed by atoms with Gasteiger partial charge in [0.2, 0.25) is 0 Å². The Morgan fingerprint density at radius 1 is 1.19 bits per heavy atom. The second-order valence-electron chi connectivity index (χ2n) is 5.99. The predicted molar refractivity (Wildman–Crippen MR) is 100 cm³/mol. The van der Waals surface area contributed by atoms with Crippen LogP contribution in [0.2, 0.25) is 5.02 Å². The third-order valence-electron chi connectivity index (χ3n) is 4.02. The summed E-state index contributed by atoms with van der Waals surface area (Å²) in [6.07, 6.45) is 1.98. The lowest BCUT2D eigenvalue weighted by atomic mass is 10.2. The van der Waals surface area contributed by atoms with Crippen molar-refractivity contribution < 1.29 is 17.9 Å². The summed E-state index contributed by atoms with van der Waals surface area (Å²) in [6.45, 7) is 1.17. The van der Waals surface area contributed by atoms with Crippen molar-refractivity contribution in [2.75, 3.05) is 17.9 Å². The summed E-state index contributed by atoms with van der Waals surface area (Å²) in [5.74, 6) is -0.270. The molecule has 0 radical (unpaired) electrons. The molecule has 2 N–H and O–H groups in total. The molecule has 0 bridgehead atoms. The number of hydrogen-bond acceptors (Lipinski definition) is 4. The first-order valence-corrected chi connectivity index (χ1v) is 10.1. The van der Waals surface area contributed by atoms with E-state index in [-0.39, 0.29) is 16.9 Å². The molecule has 0 saturated carbocycles. The number of nitrogens with one attached hydrogen (secondary N) is 2. The van der Waals surface area contributed by atoms with Gasteiger partial charge in [0.1, 0.15) is 0 Å². The number of sulfonamides is 1. The number of hydrogen-bond donors (Lipinski definition) is 2. The fraction of sp³-hybridized carbons (Fsp3) is 0.278. The van der Waals surface area contributed by atoms with E-state index in [4.69, 9.17) is 16.3 Å². The maximum Gasteiger partial charge on any atom is 0.261 e. The van der Waals surface area contributed by atoms with Gasteiger partial charge >= 0.3 is 0 Å². The highest BCUT2D eigenvalue weighted by Gasteiger charge is 2.18. The normalized spacial score (nSPS) is 17.0. The van der Waals surface area contributed by atoms with Gasteiger partial charge in [-0.3, -0.25) is 9.52 Å². The molecule has 1 saturated heterocycles. The first kappa shape index (κ1) is 18.7. The Morgan fingerprint density at radius 2 is 1.96 bits per heavy atom. The lowest BCUT2D eigenvalue weighted by Crippen LogP contribution is -2.31. The Labute approximate surface area is 157 Å². The van der Waals surface area contributed by atoms with Gasteiger partial charge in [-0.15, -0.1) is 0 Å². The maximum absolute atomic E-state index is 12.4. The number of benzene rings is 2. The van der Waals surface area contributed by atoms with Crippen molar-refractivity contribution in [1.29, 1.82) is 0 Å². The van der Waals surface area contributed by atoms with Crippen molar-refractivity contribution in [3.05, 3.63) is 59.1 Å². The van der Waals surface area contributed by atoms with Crippen LogP contribution in [0.25, 0.3) is 0 Å². The van der Waals surface area contributed by atoms with Gasteiger partial charge < -0.3 is 10.1 Å². The number of amides is 1. The predicted octanol–water partition coefficient (Wildman–Crippen LogP) is 3.05. The highest BCUT2D eigenvalue weighted by Crippen LogP contribution is 2.19. The molecule has 26 heavy (non-hydrogen) atoms. The Kier molecular flexibility index (Phi) is 5.80. The van der Waals surface area contributed by atoms with Crippen LogP contribution >= 0.6 is 11.6 Å². The van der Waals surface area contributed by atoms with E-state index in [1.165, 1.54) is 30.3 Å². The summed E-state index contributed by atoms with van der Waals surface area (Å²) in [4.78, 5) is 12.4. The third-order valence-corrected chi connectivity index (χ3v) is 5.66. The van der Waals surface area contributed by atoms with Gasteiger partial charge in [-0.05, 0) is 55.3 Å². The van der Waals surface area contributed by atoms with E-state index in [2.05, 4.69) is 10.0 Å². The molecule has 1 fully saturated rings. The van der Waals surface area contributed by atoms with Gasteiger partial charge in [0, 0.05) is 29.4 Å². The van der Waals surface area contributed by atoms with E-state index < -0.39 is 10.0 Å². The second-order valence-corrected chi connectivity index (χ2v) is 8.10. The van der Waals surface area contributed by atoms with Gasteiger partial charge in [0.15, 0.2) is 0 Å². The molecule has 138 valence electrons. The SMILES string of the molecule is O=C(NCC1CCCO1)c1cccc(NS(=O)(=O)c2ccc(Cl)cc2)c1. The van der Waals surface area contributed by atoms with E-state index in [0.29, 0.717) is 22.8 Å². The molecule has 1 aliphatic rings. The smallest absolute Gasteiger partial charge is 0.261 e. The highest BCUT2D eigenvalue weighted by atomic mass is 35.5. The summed E-state index contributed by atoms with van der Waals surface area (Å²) in [7, 11) is -3.76. The number of ether oxygens (including phenoxy) is 1. The van der Waals surface area contributed by atoms with E-state index in [1.807, 2.05) is 0 Å². The molecule has 3 rings (SSSR count). The Bertz CT molecular complexity index is 878. The maximum atomic E-state index is 12.4. The fourth-order valence-electron chi connectivity index (χ4n) is 2.67. The van der Waals surface area contributed by atoms with Crippen molar-refractivity contribution in [2.24, 2.45) is 0 Å². The average molecular weight is 395 g/mol. The third kappa shape index (κ3) is 4.75. The largest absolute Gasteiger partial charge is 0.376 e. The molecular weight excluding hydrogens is 376 g/mol. The zero-order valence-electron chi connectivity index (χ0n) is 13.9. The van der Waals surface area contributed by atoms with Gasteiger partial charge in [-0.25, -0.2) is 8.42 Å². The molecule has 0 spiro atoms. The quantitative estimate of drug-likeness (QED) is 0.788. The average Bonchev–Trinajstić information content (AvgIpc) is 3.13. The lowest BCUT2D eigenvalue weighted by Gasteiger charge is -2.12. The minimum absolute atomic E-state index is 0.0468. The minimum Gasteiger partial charge on any atom is -0.376 e. The van der Waals surface area contributed by atoms with Crippen LogP contribution in [-0.4, -0.2) is 33.6 Å². The molecule has 1 aliphatic heterocycles. The van der Waals surface area contributed by atoms with Gasteiger partial charge in [-0.2, -0.15) is 0 Å². The molecule has 0 aliphatic carbocycles. The van der Waals surface area contributed by atoms with Crippen LogP contribution in [0.5, 0.6) is 0 Å². The Hall–Kier alpha value is -2.09. The molecule has 8 heteroatoms. The van der Waals surface area contributed by atoms with Crippen molar-refractivity contribution in [3.63, 3.8) is 0 Å². The number of carbonyl (C=O) groups is 1. The van der Waals surface area contributed by atoms with Crippen LogP contribution in [-0.2, 0) is 14.8 Å². The molecule has 6 nitrogen and oxygen atoms in total. The lowest BCUT2D eigenvalue weighted by molar-refractivity contribution is 0.0858. The van der Waals surface area contributed by atoms with Crippen LogP contribution in [0.15, 0.2) is 53.4 Å². The molecule has 2 aromatic carbocycles. The molecule has 2 aromatic rings. The van der Waals surface area contributed by atoms with E-state index >= 15 is 0 Å². The van der Waals surface area contributed by atoms with Gasteiger partial charge in [0.05, 0.1) is 11.0 Å². The zero-order valence-corrected chi connectivity index (χ0v) is 15.5. The number of carbonyl (C=O) groups excluding carboxylic acids is 1. The second kappa shape index (κ2) is 8.07. The topological polar surface area (TPSA) is 84.5 Å². The minimum atomic E-state index is -3.76. The zero-order chi connectivity index (χ0) is 18.6. The summed E-state index contributed by atoms with van der Waals surface area (Å²) in [5, 5.41) is 3.27. The molecule has 1 unspecified atom stereocenters. The van der Waals surface area contributed by atoms with Crippen LogP contribution < -0.4 is 10.0 Å². The molecule has 1 atom stereocenters. The van der Waals surface area contributed by atoms with Crippen molar-refractivity contribution >= 4 is 33.2 Å². The summed E-state index contributed by atoms with van der Waals surface area (Å²) in [5.41, 5.74) is 0.684. The number of halogens is 1. The molecule has 0 aromatic heterocycles. The van der Waals surface area contributed by atoms with Crippen LogP contribution in [0.4, 0.5) is 5.69 Å². The Morgan fingerprint density at radius 3 is 2.65 bits per heavy atom. The summed E-state index contributed by atoms with van der Waals surface area (Å²) < 4.78 is 32.8. The van der Waals surface area contributed by atoms with Crippen LogP contribution in [0.3, 0.4) is 0 Å². The number of anilines is 1. The van der Waals surface area contributed by atoms with Crippen LogP contribution in [0, 0.1) is 0 Å². The first-order valence-electron chi connectivity index (χ1n) is 8.22. The van der Waals surface area contributed by atoms with E-state index in [1.54, 1.807) is 18.2 Å². The Balaban J connectivity index is 1.68. The van der Waals surface area contributed by atoms with E-state index in [0.717, 1.165) is 19.4 Å². The van der Waals surface area contributed by atoms with Gasteiger partial charge in [-0.1, -0.05) is 17.7 Å². The van der Waals surface area contributed by atoms with Crippen molar-refractivity contribution in [3.8, 4) is 0 Å². The first-order chi connectivity index (χ1) is 12.4. The monoisotopic (exact) mass is 394 g/mol. The van der Waals surface area contributed by atoms with Gasteiger partial charge in [0.25, 0.3) is 15.9 Å².